The molecule has 0 atom stereocenters. The molecule has 3 rings (SSSR count). The van der Waals surface area contributed by atoms with Crippen molar-refractivity contribution < 1.29 is 19.1 Å². The van der Waals surface area contributed by atoms with Crippen LogP contribution in [-0.2, 0) is 17.9 Å². The molecular weight excluding hydrogens is 370 g/mol. The normalized spacial score (nSPS) is 12.1. The Morgan fingerprint density at radius 1 is 1.00 bits per heavy atom. The molecule has 0 radical (unpaired) electrons. The number of hydrogen-bond donors (Lipinski definition) is 1. The second-order valence-corrected chi connectivity index (χ2v) is 7.04. The summed E-state index contributed by atoms with van der Waals surface area (Å²) in [6.07, 6.45) is 0. The molecule has 0 spiro atoms. The van der Waals surface area contributed by atoms with Gasteiger partial charge in [-0.1, -0.05) is 18.2 Å². The molecular formula is C22H27N3O4. The monoisotopic (exact) mass is 397 g/mol. The molecule has 0 aromatic heterocycles. The number of rotatable bonds is 8. The van der Waals surface area contributed by atoms with Crippen LogP contribution in [0.25, 0.3) is 0 Å². The first-order valence-corrected chi connectivity index (χ1v) is 9.66. The van der Waals surface area contributed by atoms with Crippen molar-refractivity contribution in [3.63, 3.8) is 0 Å². The molecule has 2 aromatic carbocycles. The maximum absolute atomic E-state index is 12.8. The molecule has 29 heavy (non-hydrogen) atoms. The largest absolute Gasteiger partial charge is 0.454 e. The van der Waals surface area contributed by atoms with Gasteiger partial charge in [-0.05, 0) is 49.4 Å². The van der Waals surface area contributed by atoms with Crippen LogP contribution in [0.4, 0.5) is 0 Å². The molecule has 0 saturated heterocycles. The number of nitrogens with zero attached hydrogens (tertiary/aromatic N) is 2. The van der Waals surface area contributed by atoms with Crippen LogP contribution in [0.2, 0.25) is 0 Å². The molecule has 1 aliphatic heterocycles. The molecule has 0 aliphatic carbocycles. The summed E-state index contributed by atoms with van der Waals surface area (Å²) in [4.78, 5) is 28.2. The molecule has 1 heterocycles. The van der Waals surface area contributed by atoms with Gasteiger partial charge >= 0.3 is 0 Å². The second kappa shape index (κ2) is 9.43. The van der Waals surface area contributed by atoms with Gasteiger partial charge < -0.3 is 19.7 Å². The van der Waals surface area contributed by atoms with Crippen LogP contribution in [0.3, 0.4) is 0 Å². The van der Waals surface area contributed by atoms with Gasteiger partial charge in [-0.3, -0.25) is 14.5 Å². The van der Waals surface area contributed by atoms with Crippen LogP contribution >= 0.6 is 0 Å². The van der Waals surface area contributed by atoms with E-state index in [1.807, 2.05) is 54.1 Å². The van der Waals surface area contributed by atoms with Crippen molar-refractivity contribution in [1.29, 1.82) is 0 Å². The predicted molar refractivity (Wildman–Crippen MR) is 110 cm³/mol. The Balaban J connectivity index is 1.55. The highest BCUT2D eigenvalue weighted by molar-refractivity contribution is 5.93. The van der Waals surface area contributed by atoms with Gasteiger partial charge in [0, 0.05) is 32.2 Å². The third kappa shape index (κ3) is 5.26. The molecule has 0 unspecified atom stereocenters. The lowest BCUT2D eigenvalue weighted by Crippen LogP contribution is -2.38. The lowest BCUT2D eigenvalue weighted by atomic mass is 10.1. The zero-order chi connectivity index (χ0) is 20.8. The van der Waals surface area contributed by atoms with Crippen LogP contribution in [-0.4, -0.2) is 55.6 Å². The maximum atomic E-state index is 12.8. The lowest BCUT2D eigenvalue weighted by molar-refractivity contribution is -0.132. The average molecular weight is 397 g/mol. The topological polar surface area (TPSA) is 71.1 Å². The number of ether oxygens (including phenoxy) is 2. The molecule has 2 amide bonds. The number of hydrogen-bond acceptors (Lipinski definition) is 5. The Kier molecular flexibility index (Phi) is 6.72. The van der Waals surface area contributed by atoms with Gasteiger partial charge in [-0.15, -0.1) is 0 Å². The maximum Gasteiger partial charge on any atom is 0.251 e. The van der Waals surface area contributed by atoms with E-state index in [0.717, 1.165) is 22.6 Å². The van der Waals surface area contributed by atoms with Crippen molar-refractivity contribution in [2.75, 3.05) is 34.0 Å². The van der Waals surface area contributed by atoms with E-state index in [9.17, 15) is 9.59 Å². The van der Waals surface area contributed by atoms with Crippen LogP contribution in [0.5, 0.6) is 11.5 Å². The summed E-state index contributed by atoms with van der Waals surface area (Å²) in [7, 11) is 3.53. The van der Waals surface area contributed by atoms with E-state index in [2.05, 4.69) is 5.32 Å². The van der Waals surface area contributed by atoms with Gasteiger partial charge in [0.05, 0.1) is 6.54 Å². The van der Waals surface area contributed by atoms with E-state index in [4.69, 9.17) is 9.47 Å². The summed E-state index contributed by atoms with van der Waals surface area (Å²) in [6.45, 7) is 4.31. The minimum absolute atomic E-state index is 0.0645. The highest BCUT2D eigenvalue weighted by atomic mass is 16.7. The summed E-state index contributed by atoms with van der Waals surface area (Å²) < 4.78 is 10.8. The first-order chi connectivity index (χ1) is 14.0. The highest BCUT2D eigenvalue weighted by Gasteiger charge is 2.18. The molecule has 0 saturated carbocycles. The van der Waals surface area contributed by atoms with Gasteiger partial charge in [0.15, 0.2) is 11.5 Å². The minimum atomic E-state index is -0.109. The number of likely N-dealkylation sites (N-methyl/N-ethyl adjacent to an activating group) is 2. The van der Waals surface area contributed by atoms with Crippen LogP contribution in [0, 0.1) is 0 Å². The van der Waals surface area contributed by atoms with Crippen molar-refractivity contribution >= 4 is 11.8 Å². The smallest absolute Gasteiger partial charge is 0.251 e. The van der Waals surface area contributed by atoms with Crippen LogP contribution in [0.15, 0.2) is 42.5 Å². The fourth-order valence-corrected chi connectivity index (χ4v) is 3.24. The van der Waals surface area contributed by atoms with Crippen molar-refractivity contribution in [2.45, 2.75) is 20.0 Å². The quantitative estimate of drug-likeness (QED) is 0.740. The number of fused-ring (bicyclic) bond motifs is 1. The first-order valence-electron chi connectivity index (χ1n) is 9.66. The number of benzene rings is 2. The van der Waals surface area contributed by atoms with Crippen molar-refractivity contribution in [3.8, 4) is 11.5 Å². The van der Waals surface area contributed by atoms with E-state index in [-0.39, 0.29) is 18.6 Å². The standard InChI is InChI=1S/C22H27N3O4/c1-4-25(13-17-7-10-19-20(11-17)29-15-28-19)21(26)14-24(3)12-16-5-8-18(9-6-16)22(27)23-2/h5-11H,4,12-15H2,1-3H3,(H,23,27). The Hall–Kier alpha value is -3.06. The molecule has 0 bridgehead atoms. The predicted octanol–water partition coefficient (Wildman–Crippen LogP) is 2.26. The van der Waals surface area contributed by atoms with Gasteiger partial charge in [-0.2, -0.15) is 0 Å². The van der Waals surface area contributed by atoms with Gasteiger partial charge in [0.25, 0.3) is 5.91 Å². The molecule has 0 fully saturated rings. The third-order valence-electron chi connectivity index (χ3n) is 4.85. The molecule has 2 aromatic rings. The Morgan fingerprint density at radius 2 is 1.69 bits per heavy atom. The van der Waals surface area contributed by atoms with Crippen LogP contribution in [0.1, 0.15) is 28.4 Å². The van der Waals surface area contributed by atoms with E-state index < -0.39 is 0 Å². The van der Waals surface area contributed by atoms with E-state index in [1.54, 1.807) is 19.2 Å². The number of amides is 2. The zero-order valence-electron chi connectivity index (χ0n) is 17.1. The lowest BCUT2D eigenvalue weighted by Gasteiger charge is -2.24. The highest BCUT2D eigenvalue weighted by Crippen LogP contribution is 2.32. The number of nitrogens with one attached hydrogen (secondary N) is 1. The zero-order valence-corrected chi connectivity index (χ0v) is 17.1. The molecule has 7 nitrogen and oxygen atoms in total. The molecule has 7 heteroatoms. The van der Waals surface area contributed by atoms with E-state index in [1.165, 1.54) is 0 Å². The van der Waals surface area contributed by atoms with Gasteiger partial charge in [0.1, 0.15) is 0 Å². The Morgan fingerprint density at radius 3 is 2.38 bits per heavy atom. The number of carbonyl (C=O) groups is 2. The average Bonchev–Trinajstić information content (AvgIpc) is 3.19. The molecule has 1 aliphatic rings. The van der Waals surface area contributed by atoms with Crippen molar-refractivity contribution in [1.82, 2.24) is 15.1 Å². The van der Waals surface area contributed by atoms with Gasteiger partial charge in [-0.25, -0.2) is 0 Å². The van der Waals surface area contributed by atoms with Gasteiger partial charge in [0.2, 0.25) is 12.7 Å². The number of carbonyl (C=O) groups excluding carboxylic acids is 2. The fraction of sp³-hybridized carbons (Fsp3) is 0.364. The third-order valence-corrected chi connectivity index (χ3v) is 4.85. The summed E-state index contributed by atoms with van der Waals surface area (Å²) in [5.41, 5.74) is 2.68. The van der Waals surface area contributed by atoms with Crippen molar-refractivity contribution in [2.24, 2.45) is 0 Å². The fourth-order valence-electron chi connectivity index (χ4n) is 3.24. The molecule has 1 N–H and O–H groups in total. The Labute approximate surface area is 171 Å². The van der Waals surface area contributed by atoms with E-state index >= 15 is 0 Å². The van der Waals surface area contributed by atoms with Crippen molar-refractivity contribution in [3.05, 3.63) is 59.2 Å². The molecule has 154 valence electrons. The van der Waals surface area contributed by atoms with Crippen LogP contribution < -0.4 is 14.8 Å². The minimum Gasteiger partial charge on any atom is -0.454 e. The Bertz CT molecular complexity index is 867. The summed E-state index contributed by atoms with van der Waals surface area (Å²) in [6, 6.07) is 13.2. The second-order valence-electron chi connectivity index (χ2n) is 7.04. The summed E-state index contributed by atoms with van der Waals surface area (Å²) in [5, 5.41) is 2.61. The van der Waals surface area contributed by atoms with E-state index in [0.29, 0.717) is 31.7 Å². The summed E-state index contributed by atoms with van der Waals surface area (Å²) in [5.74, 6) is 1.42. The summed E-state index contributed by atoms with van der Waals surface area (Å²) >= 11 is 0. The SMILES string of the molecule is CCN(Cc1ccc2c(c1)OCO2)C(=O)CN(C)Cc1ccc(C(=O)NC)cc1. The first kappa shape index (κ1) is 20.7.